The second-order valence-corrected chi connectivity index (χ2v) is 5.50. The number of primary amides is 1. The lowest BCUT2D eigenvalue weighted by molar-refractivity contribution is -0.137. The molecule has 3 N–H and O–H groups in total. The number of anilines is 1. The van der Waals surface area contributed by atoms with Gasteiger partial charge in [0.25, 0.3) is 0 Å². The molecule has 25 heavy (non-hydrogen) atoms. The molecule has 0 atom stereocenters. The number of halogens is 3. The average molecular weight is 345 g/mol. The number of nitrogens with one attached hydrogen (secondary N) is 1. The number of rotatable bonds is 4. The second-order valence-electron chi connectivity index (χ2n) is 5.50. The van der Waals surface area contributed by atoms with E-state index in [1.54, 1.807) is 30.3 Å². The van der Waals surface area contributed by atoms with Crippen molar-refractivity contribution in [3.63, 3.8) is 0 Å². The molecule has 0 saturated heterocycles. The standard InChI is InChI=1S/C18H14F3N3O/c19-18(20,21)13-5-6-14-15(7-8-23-16(14)9-13)24-10-11-1-3-12(4-2-11)17(22)25/h1-9H,10H2,(H2,22,25)(H,23,24). The Kier molecular flexibility index (Phi) is 4.31. The number of aromatic nitrogens is 1. The first kappa shape index (κ1) is 16.8. The highest BCUT2D eigenvalue weighted by Crippen LogP contribution is 2.32. The van der Waals surface area contributed by atoms with E-state index >= 15 is 0 Å². The Morgan fingerprint density at radius 2 is 1.80 bits per heavy atom. The van der Waals surface area contributed by atoms with Crippen LogP contribution in [0.25, 0.3) is 10.9 Å². The van der Waals surface area contributed by atoms with Crippen LogP contribution in [0.2, 0.25) is 0 Å². The zero-order valence-corrected chi connectivity index (χ0v) is 13.0. The lowest BCUT2D eigenvalue weighted by Gasteiger charge is -2.12. The highest BCUT2D eigenvalue weighted by atomic mass is 19.4. The van der Waals surface area contributed by atoms with Crippen LogP contribution in [0.3, 0.4) is 0 Å². The van der Waals surface area contributed by atoms with Gasteiger partial charge in [-0.15, -0.1) is 0 Å². The van der Waals surface area contributed by atoms with Gasteiger partial charge in [0.05, 0.1) is 11.1 Å². The van der Waals surface area contributed by atoms with Gasteiger partial charge in [-0.2, -0.15) is 13.2 Å². The molecule has 3 aromatic rings. The maximum Gasteiger partial charge on any atom is 0.416 e. The smallest absolute Gasteiger partial charge is 0.380 e. The molecule has 0 saturated carbocycles. The number of carbonyl (C=O) groups is 1. The molecule has 3 rings (SSSR count). The fraction of sp³-hybridized carbons (Fsp3) is 0.111. The number of hydrogen-bond acceptors (Lipinski definition) is 3. The molecular weight excluding hydrogens is 331 g/mol. The largest absolute Gasteiger partial charge is 0.416 e. The molecule has 128 valence electrons. The number of alkyl halides is 3. The summed E-state index contributed by atoms with van der Waals surface area (Å²) in [5.74, 6) is -0.500. The van der Waals surface area contributed by atoms with Gasteiger partial charge in [0.1, 0.15) is 0 Å². The molecular formula is C18H14F3N3O. The molecule has 1 heterocycles. The first-order chi connectivity index (χ1) is 11.8. The minimum absolute atomic E-state index is 0.268. The Bertz CT molecular complexity index is 921. The van der Waals surface area contributed by atoms with Gasteiger partial charge >= 0.3 is 6.18 Å². The highest BCUT2D eigenvalue weighted by molar-refractivity contribution is 5.93. The van der Waals surface area contributed by atoms with Crippen LogP contribution in [0, 0.1) is 0 Å². The zero-order valence-electron chi connectivity index (χ0n) is 13.0. The minimum atomic E-state index is -4.40. The number of benzene rings is 2. The quantitative estimate of drug-likeness (QED) is 0.752. The van der Waals surface area contributed by atoms with Crippen molar-refractivity contribution in [1.29, 1.82) is 0 Å². The number of hydrogen-bond donors (Lipinski definition) is 2. The summed E-state index contributed by atoms with van der Waals surface area (Å²) >= 11 is 0. The third-order valence-electron chi connectivity index (χ3n) is 3.79. The SMILES string of the molecule is NC(=O)c1ccc(CNc2ccnc3cc(C(F)(F)F)ccc23)cc1. The number of nitrogens with two attached hydrogens (primary N) is 1. The van der Waals surface area contributed by atoms with E-state index in [1.807, 2.05) is 0 Å². The molecule has 2 aromatic carbocycles. The molecule has 0 fully saturated rings. The van der Waals surface area contributed by atoms with E-state index in [9.17, 15) is 18.0 Å². The monoisotopic (exact) mass is 345 g/mol. The molecule has 0 radical (unpaired) electrons. The van der Waals surface area contributed by atoms with E-state index in [1.165, 1.54) is 12.3 Å². The molecule has 4 nitrogen and oxygen atoms in total. The fourth-order valence-corrected chi connectivity index (χ4v) is 2.46. The van der Waals surface area contributed by atoms with Gasteiger partial charge in [-0.3, -0.25) is 9.78 Å². The first-order valence-corrected chi connectivity index (χ1v) is 7.43. The molecule has 0 aliphatic carbocycles. The Hall–Kier alpha value is -3.09. The lowest BCUT2D eigenvalue weighted by atomic mass is 10.1. The van der Waals surface area contributed by atoms with Gasteiger partial charge < -0.3 is 11.1 Å². The lowest BCUT2D eigenvalue weighted by Crippen LogP contribution is -2.10. The Morgan fingerprint density at radius 1 is 1.08 bits per heavy atom. The molecule has 0 spiro atoms. The topological polar surface area (TPSA) is 68.0 Å². The molecule has 1 aromatic heterocycles. The summed E-state index contributed by atoms with van der Waals surface area (Å²) in [6.07, 6.45) is -2.94. The molecule has 1 amide bonds. The van der Waals surface area contributed by atoms with Crippen molar-refractivity contribution in [3.05, 3.63) is 71.4 Å². The van der Waals surface area contributed by atoms with Gasteiger partial charge in [0.2, 0.25) is 5.91 Å². The Morgan fingerprint density at radius 3 is 2.44 bits per heavy atom. The fourth-order valence-electron chi connectivity index (χ4n) is 2.46. The van der Waals surface area contributed by atoms with E-state index in [4.69, 9.17) is 5.73 Å². The molecule has 7 heteroatoms. The Labute approximate surface area is 141 Å². The van der Waals surface area contributed by atoms with Crippen molar-refractivity contribution in [1.82, 2.24) is 4.98 Å². The number of carbonyl (C=O) groups excluding carboxylic acids is 1. The average Bonchev–Trinajstić information content (AvgIpc) is 2.59. The third kappa shape index (κ3) is 3.71. The van der Waals surface area contributed by atoms with Crippen molar-refractivity contribution in [3.8, 4) is 0 Å². The van der Waals surface area contributed by atoms with Crippen molar-refractivity contribution in [2.24, 2.45) is 5.73 Å². The van der Waals surface area contributed by atoms with E-state index in [0.717, 1.165) is 17.7 Å². The first-order valence-electron chi connectivity index (χ1n) is 7.43. The summed E-state index contributed by atoms with van der Waals surface area (Å²) < 4.78 is 38.4. The van der Waals surface area contributed by atoms with Gasteiger partial charge in [-0.25, -0.2) is 0 Å². The van der Waals surface area contributed by atoms with Gasteiger partial charge in [0.15, 0.2) is 0 Å². The van der Waals surface area contributed by atoms with Gasteiger partial charge in [-0.1, -0.05) is 18.2 Å². The Balaban J connectivity index is 1.83. The maximum atomic E-state index is 12.8. The second kappa shape index (κ2) is 6.43. The summed E-state index contributed by atoms with van der Waals surface area (Å²) in [5.41, 5.74) is 6.73. The predicted molar refractivity (Wildman–Crippen MR) is 89.0 cm³/mol. The van der Waals surface area contributed by atoms with E-state index in [0.29, 0.717) is 23.2 Å². The van der Waals surface area contributed by atoms with Crippen molar-refractivity contribution < 1.29 is 18.0 Å². The van der Waals surface area contributed by atoms with Crippen LogP contribution in [-0.4, -0.2) is 10.9 Å². The number of amides is 1. The van der Waals surface area contributed by atoms with Crippen molar-refractivity contribution >= 4 is 22.5 Å². The van der Waals surface area contributed by atoms with Crippen LogP contribution in [-0.2, 0) is 12.7 Å². The number of nitrogens with zero attached hydrogens (tertiary/aromatic N) is 1. The molecule has 0 unspecified atom stereocenters. The molecule has 0 bridgehead atoms. The van der Waals surface area contributed by atoms with Crippen LogP contribution in [0.4, 0.5) is 18.9 Å². The van der Waals surface area contributed by atoms with Crippen LogP contribution < -0.4 is 11.1 Å². The van der Waals surface area contributed by atoms with E-state index in [2.05, 4.69) is 10.3 Å². The summed E-state index contributed by atoms with van der Waals surface area (Å²) in [6, 6.07) is 12.0. The molecule has 0 aliphatic rings. The summed E-state index contributed by atoms with van der Waals surface area (Å²) in [4.78, 5) is 15.1. The summed E-state index contributed by atoms with van der Waals surface area (Å²) in [5, 5.41) is 3.77. The van der Waals surface area contributed by atoms with Crippen LogP contribution >= 0.6 is 0 Å². The number of fused-ring (bicyclic) bond motifs is 1. The van der Waals surface area contributed by atoms with E-state index in [-0.39, 0.29) is 5.52 Å². The maximum absolute atomic E-state index is 12.8. The van der Waals surface area contributed by atoms with Crippen molar-refractivity contribution in [2.45, 2.75) is 12.7 Å². The number of pyridine rings is 1. The highest BCUT2D eigenvalue weighted by Gasteiger charge is 2.30. The zero-order chi connectivity index (χ0) is 18.0. The van der Waals surface area contributed by atoms with Crippen LogP contribution in [0.5, 0.6) is 0 Å². The van der Waals surface area contributed by atoms with E-state index < -0.39 is 17.6 Å². The van der Waals surface area contributed by atoms with Gasteiger partial charge in [-0.05, 0) is 35.9 Å². The van der Waals surface area contributed by atoms with Crippen molar-refractivity contribution in [2.75, 3.05) is 5.32 Å². The van der Waals surface area contributed by atoms with Gasteiger partial charge in [0, 0.05) is 29.4 Å². The predicted octanol–water partition coefficient (Wildman–Crippen LogP) is 3.96. The summed E-state index contributed by atoms with van der Waals surface area (Å²) in [7, 11) is 0. The normalized spacial score (nSPS) is 11.5. The third-order valence-corrected chi connectivity index (χ3v) is 3.79. The van der Waals surface area contributed by atoms with Crippen LogP contribution in [0.1, 0.15) is 21.5 Å². The van der Waals surface area contributed by atoms with Crippen LogP contribution in [0.15, 0.2) is 54.7 Å². The molecule has 0 aliphatic heterocycles. The summed E-state index contributed by atoms with van der Waals surface area (Å²) in [6.45, 7) is 0.444. The minimum Gasteiger partial charge on any atom is -0.380 e.